The largest absolute Gasteiger partial charge is 0.464 e. The maximum absolute atomic E-state index is 12.2. The van der Waals surface area contributed by atoms with Crippen LogP contribution < -0.4 is 5.73 Å². The molecule has 2 aromatic rings. The van der Waals surface area contributed by atoms with Crippen LogP contribution in [-0.2, 0) is 9.53 Å². The summed E-state index contributed by atoms with van der Waals surface area (Å²) in [6.07, 6.45) is 0. The second kappa shape index (κ2) is 5.76. The van der Waals surface area contributed by atoms with Crippen LogP contribution in [0.25, 0.3) is 11.0 Å². The lowest BCUT2D eigenvalue weighted by molar-refractivity contribution is -0.148. The van der Waals surface area contributed by atoms with E-state index in [9.17, 15) is 4.79 Å². The smallest absolute Gasteiger partial charge is 0.328 e. The summed E-state index contributed by atoms with van der Waals surface area (Å²) in [7, 11) is 0. The second-order valence-electron chi connectivity index (χ2n) is 5.97. The summed E-state index contributed by atoms with van der Waals surface area (Å²) in [5.41, 5.74) is 9.96. The molecule has 0 saturated heterocycles. The van der Waals surface area contributed by atoms with E-state index in [0.29, 0.717) is 18.5 Å². The molecule has 1 atom stereocenters. The fourth-order valence-corrected chi connectivity index (χ4v) is 2.25. The van der Waals surface area contributed by atoms with Crippen LogP contribution in [0.15, 0.2) is 12.1 Å². The van der Waals surface area contributed by atoms with Gasteiger partial charge in [0.25, 0.3) is 0 Å². The lowest BCUT2D eigenvalue weighted by atomic mass is 10.1. The Balaban J connectivity index is 2.39. The van der Waals surface area contributed by atoms with Gasteiger partial charge in [0.05, 0.1) is 17.6 Å². The summed E-state index contributed by atoms with van der Waals surface area (Å²) in [4.78, 5) is 16.5. The number of fused-ring (bicyclic) bond motifs is 1. The molecule has 0 aliphatic rings. The normalized spacial score (nSPS) is 12.9. The van der Waals surface area contributed by atoms with Crippen molar-refractivity contribution in [2.45, 2.75) is 40.7 Å². The first-order chi connectivity index (χ1) is 9.81. The highest BCUT2D eigenvalue weighted by atomic mass is 16.5. The molecule has 5 heteroatoms. The van der Waals surface area contributed by atoms with Crippen molar-refractivity contribution in [3.8, 4) is 0 Å². The van der Waals surface area contributed by atoms with Gasteiger partial charge < -0.3 is 10.5 Å². The summed E-state index contributed by atoms with van der Waals surface area (Å²) in [5.74, 6) is 0.361. The molecule has 1 unspecified atom stereocenters. The zero-order chi connectivity index (χ0) is 15.7. The van der Waals surface area contributed by atoms with Gasteiger partial charge in [-0.05, 0) is 49.9 Å². The van der Waals surface area contributed by atoms with Gasteiger partial charge in [0.1, 0.15) is 6.04 Å². The first-order valence-corrected chi connectivity index (χ1v) is 7.22. The summed E-state index contributed by atoms with van der Waals surface area (Å²) in [5, 5.41) is 0. The highest BCUT2D eigenvalue weighted by molar-refractivity contribution is 5.84. The van der Waals surface area contributed by atoms with Crippen LogP contribution in [0.5, 0.6) is 0 Å². The van der Waals surface area contributed by atoms with Crippen LogP contribution in [0.4, 0.5) is 5.95 Å². The summed E-state index contributed by atoms with van der Waals surface area (Å²) < 4.78 is 7.04. The van der Waals surface area contributed by atoms with Gasteiger partial charge in [0.2, 0.25) is 5.95 Å². The first kappa shape index (κ1) is 15.4. The number of nitrogens with two attached hydrogens (primary N) is 1. The van der Waals surface area contributed by atoms with E-state index in [4.69, 9.17) is 10.5 Å². The van der Waals surface area contributed by atoms with Gasteiger partial charge in [-0.15, -0.1) is 0 Å². The van der Waals surface area contributed by atoms with Crippen molar-refractivity contribution in [3.63, 3.8) is 0 Å². The minimum absolute atomic E-state index is 0.284. The van der Waals surface area contributed by atoms with E-state index < -0.39 is 6.04 Å². The van der Waals surface area contributed by atoms with Crippen molar-refractivity contribution in [3.05, 3.63) is 23.3 Å². The molecule has 0 bridgehead atoms. The third-order valence-corrected chi connectivity index (χ3v) is 3.62. The molecule has 1 heterocycles. The fraction of sp³-hybridized carbons (Fsp3) is 0.500. The number of rotatable bonds is 4. The van der Waals surface area contributed by atoms with Crippen LogP contribution in [0.1, 0.15) is 37.9 Å². The van der Waals surface area contributed by atoms with Gasteiger partial charge in [-0.3, -0.25) is 4.57 Å². The Bertz CT molecular complexity index is 674. The van der Waals surface area contributed by atoms with E-state index in [-0.39, 0.29) is 5.97 Å². The van der Waals surface area contributed by atoms with Crippen molar-refractivity contribution in [1.82, 2.24) is 9.55 Å². The van der Waals surface area contributed by atoms with E-state index in [1.165, 1.54) is 0 Å². The lowest BCUT2D eigenvalue weighted by Crippen LogP contribution is -2.22. The van der Waals surface area contributed by atoms with Crippen LogP contribution in [0.3, 0.4) is 0 Å². The van der Waals surface area contributed by atoms with Crippen molar-refractivity contribution >= 4 is 23.0 Å². The standard InChI is InChI=1S/C16H23N3O2/c1-9(2)8-21-15(20)12(5)19-14-7-11(4)10(3)6-13(14)18-16(19)17/h6-7,9,12H,8H2,1-5H3,(H2,17,18). The molecule has 0 amide bonds. The predicted molar refractivity (Wildman–Crippen MR) is 84.1 cm³/mol. The molecule has 2 N–H and O–H groups in total. The molecule has 21 heavy (non-hydrogen) atoms. The highest BCUT2D eigenvalue weighted by Crippen LogP contribution is 2.26. The third-order valence-electron chi connectivity index (χ3n) is 3.62. The number of ether oxygens (including phenoxy) is 1. The molecule has 1 aromatic heterocycles. The Morgan fingerprint density at radius 3 is 2.52 bits per heavy atom. The zero-order valence-electron chi connectivity index (χ0n) is 13.3. The van der Waals surface area contributed by atoms with Crippen molar-refractivity contribution in [1.29, 1.82) is 0 Å². The number of aryl methyl sites for hydroxylation is 2. The zero-order valence-corrected chi connectivity index (χ0v) is 13.3. The summed E-state index contributed by atoms with van der Waals surface area (Å²) >= 11 is 0. The number of nitrogens with zero attached hydrogens (tertiary/aromatic N) is 2. The maximum atomic E-state index is 12.2. The minimum atomic E-state index is -0.490. The second-order valence-corrected chi connectivity index (χ2v) is 5.97. The maximum Gasteiger partial charge on any atom is 0.328 e. The van der Waals surface area contributed by atoms with Crippen molar-refractivity contribution in [2.75, 3.05) is 12.3 Å². The number of nitrogen functional groups attached to an aromatic ring is 1. The van der Waals surface area contributed by atoms with Crippen molar-refractivity contribution < 1.29 is 9.53 Å². The Kier molecular flexibility index (Phi) is 4.21. The number of hydrogen-bond acceptors (Lipinski definition) is 4. The van der Waals surface area contributed by atoms with Crippen LogP contribution >= 0.6 is 0 Å². The number of anilines is 1. The van der Waals surface area contributed by atoms with Gasteiger partial charge >= 0.3 is 5.97 Å². The van der Waals surface area contributed by atoms with Crippen molar-refractivity contribution in [2.24, 2.45) is 5.92 Å². The average Bonchev–Trinajstić information content (AvgIpc) is 2.71. The molecule has 5 nitrogen and oxygen atoms in total. The predicted octanol–water partition coefficient (Wildman–Crippen LogP) is 3.00. The van der Waals surface area contributed by atoms with Gasteiger partial charge in [0.15, 0.2) is 0 Å². The molecule has 1 aromatic carbocycles. The number of carbonyl (C=O) groups excluding carboxylic acids is 1. The summed E-state index contributed by atoms with van der Waals surface area (Å²) in [6, 6.07) is 3.51. The Labute approximate surface area is 125 Å². The van der Waals surface area contributed by atoms with E-state index in [1.807, 2.05) is 39.8 Å². The average molecular weight is 289 g/mol. The number of aromatic nitrogens is 2. The Morgan fingerprint density at radius 2 is 1.90 bits per heavy atom. The quantitative estimate of drug-likeness (QED) is 0.878. The Hall–Kier alpha value is -2.04. The highest BCUT2D eigenvalue weighted by Gasteiger charge is 2.22. The lowest BCUT2D eigenvalue weighted by Gasteiger charge is -2.16. The van der Waals surface area contributed by atoms with Crippen LogP contribution in [0, 0.1) is 19.8 Å². The molecule has 0 radical (unpaired) electrons. The van der Waals surface area contributed by atoms with E-state index >= 15 is 0 Å². The summed E-state index contributed by atoms with van der Waals surface area (Å²) in [6.45, 7) is 10.3. The van der Waals surface area contributed by atoms with Crippen LogP contribution in [0.2, 0.25) is 0 Å². The van der Waals surface area contributed by atoms with Gasteiger partial charge in [0, 0.05) is 0 Å². The third kappa shape index (κ3) is 3.01. The number of imidazole rings is 1. The molecule has 0 fully saturated rings. The topological polar surface area (TPSA) is 70.1 Å². The van der Waals surface area contributed by atoms with E-state index in [2.05, 4.69) is 4.98 Å². The van der Waals surface area contributed by atoms with Crippen LogP contribution in [-0.4, -0.2) is 22.1 Å². The molecule has 2 rings (SSSR count). The molecule has 114 valence electrons. The van der Waals surface area contributed by atoms with Gasteiger partial charge in [-0.2, -0.15) is 0 Å². The van der Waals surface area contributed by atoms with Gasteiger partial charge in [-0.25, -0.2) is 9.78 Å². The Morgan fingerprint density at radius 1 is 1.29 bits per heavy atom. The number of carbonyl (C=O) groups is 1. The molecule has 0 spiro atoms. The monoisotopic (exact) mass is 289 g/mol. The fourth-order valence-electron chi connectivity index (χ4n) is 2.25. The molecular weight excluding hydrogens is 266 g/mol. The number of hydrogen-bond donors (Lipinski definition) is 1. The SMILES string of the molecule is Cc1cc2nc(N)n(C(C)C(=O)OCC(C)C)c2cc1C. The molecule has 0 aliphatic carbocycles. The number of esters is 1. The van der Waals surface area contributed by atoms with Gasteiger partial charge in [-0.1, -0.05) is 13.8 Å². The first-order valence-electron chi connectivity index (χ1n) is 7.22. The number of benzene rings is 1. The molecule has 0 aliphatic heterocycles. The molecular formula is C16H23N3O2. The van der Waals surface area contributed by atoms with E-state index in [0.717, 1.165) is 22.2 Å². The molecule has 0 saturated carbocycles. The van der Waals surface area contributed by atoms with E-state index in [1.54, 1.807) is 11.5 Å². The minimum Gasteiger partial charge on any atom is -0.464 e.